The minimum absolute atomic E-state index is 0.132. The standard InChI is InChI=1S/C16H15N3O2S/c1-18(11-13-8-5-9-21-13)15(20)14-10-17-16(22)19(14)12-6-3-2-4-7-12/h2-10H,11H2,1H3,(H,17,22). The Kier molecular flexibility index (Phi) is 3.93. The first-order valence-corrected chi connectivity index (χ1v) is 7.21. The third-order valence-electron chi connectivity index (χ3n) is 3.33. The van der Waals surface area contributed by atoms with Gasteiger partial charge in [0.1, 0.15) is 11.5 Å². The van der Waals surface area contributed by atoms with Crippen LogP contribution in [0.15, 0.2) is 59.3 Å². The normalized spacial score (nSPS) is 10.6. The third-order valence-corrected chi connectivity index (χ3v) is 3.63. The van der Waals surface area contributed by atoms with Crippen molar-refractivity contribution in [3.63, 3.8) is 0 Å². The lowest BCUT2D eigenvalue weighted by atomic mass is 10.3. The lowest BCUT2D eigenvalue weighted by Gasteiger charge is -2.16. The van der Waals surface area contributed by atoms with Crippen LogP contribution < -0.4 is 0 Å². The van der Waals surface area contributed by atoms with Crippen LogP contribution in [0.4, 0.5) is 0 Å². The SMILES string of the molecule is CN(Cc1ccco1)C(=O)c1c[nH]c(=S)n1-c1ccccc1. The number of aromatic nitrogens is 2. The fourth-order valence-electron chi connectivity index (χ4n) is 2.26. The second-order valence-electron chi connectivity index (χ2n) is 4.89. The van der Waals surface area contributed by atoms with Gasteiger partial charge in [0.15, 0.2) is 4.77 Å². The Bertz CT molecular complexity index is 819. The van der Waals surface area contributed by atoms with Gasteiger partial charge in [-0.05, 0) is 36.5 Å². The van der Waals surface area contributed by atoms with Gasteiger partial charge in [0.25, 0.3) is 5.91 Å². The van der Waals surface area contributed by atoms with Crippen LogP contribution in [-0.2, 0) is 6.54 Å². The van der Waals surface area contributed by atoms with Crippen molar-refractivity contribution >= 4 is 18.1 Å². The number of hydrogen-bond donors (Lipinski definition) is 1. The number of nitrogens with zero attached hydrogens (tertiary/aromatic N) is 2. The fourth-order valence-corrected chi connectivity index (χ4v) is 2.53. The van der Waals surface area contributed by atoms with Crippen molar-refractivity contribution in [2.75, 3.05) is 7.05 Å². The zero-order valence-electron chi connectivity index (χ0n) is 12.0. The number of nitrogens with one attached hydrogen (secondary N) is 1. The maximum atomic E-state index is 12.7. The molecule has 0 radical (unpaired) electrons. The van der Waals surface area contributed by atoms with Crippen molar-refractivity contribution in [1.82, 2.24) is 14.5 Å². The largest absolute Gasteiger partial charge is 0.467 e. The van der Waals surface area contributed by atoms with E-state index in [0.717, 1.165) is 11.4 Å². The average Bonchev–Trinajstić information content (AvgIpc) is 3.17. The molecule has 22 heavy (non-hydrogen) atoms. The van der Waals surface area contributed by atoms with E-state index in [-0.39, 0.29) is 5.91 Å². The number of para-hydroxylation sites is 1. The Labute approximate surface area is 132 Å². The monoisotopic (exact) mass is 313 g/mol. The van der Waals surface area contributed by atoms with Gasteiger partial charge in [-0.3, -0.25) is 9.36 Å². The highest BCUT2D eigenvalue weighted by Gasteiger charge is 2.19. The van der Waals surface area contributed by atoms with Gasteiger partial charge in [0, 0.05) is 18.9 Å². The Morgan fingerprint density at radius 2 is 2.05 bits per heavy atom. The first-order chi connectivity index (χ1) is 10.7. The highest BCUT2D eigenvalue weighted by atomic mass is 32.1. The van der Waals surface area contributed by atoms with Crippen LogP contribution in [0.3, 0.4) is 0 Å². The molecule has 0 aliphatic heterocycles. The first-order valence-electron chi connectivity index (χ1n) is 6.80. The number of aromatic amines is 1. The molecule has 0 saturated heterocycles. The van der Waals surface area contributed by atoms with Gasteiger partial charge in [-0.2, -0.15) is 0 Å². The summed E-state index contributed by atoms with van der Waals surface area (Å²) in [6.45, 7) is 0.401. The maximum absolute atomic E-state index is 12.7. The summed E-state index contributed by atoms with van der Waals surface area (Å²) in [6.07, 6.45) is 3.23. The lowest BCUT2D eigenvalue weighted by molar-refractivity contribution is 0.0767. The number of benzene rings is 1. The number of H-pyrrole nitrogens is 1. The maximum Gasteiger partial charge on any atom is 0.272 e. The summed E-state index contributed by atoms with van der Waals surface area (Å²) in [5.41, 5.74) is 1.34. The Hall–Kier alpha value is -2.60. The summed E-state index contributed by atoms with van der Waals surface area (Å²) in [7, 11) is 1.73. The van der Waals surface area contributed by atoms with E-state index < -0.39 is 0 Å². The molecule has 0 aliphatic carbocycles. The number of furan rings is 1. The van der Waals surface area contributed by atoms with Gasteiger partial charge in [-0.1, -0.05) is 18.2 Å². The molecule has 0 aliphatic rings. The van der Waals surface area contributed by atoms with Crippen molar-refractivity contribution in [3.8, 4) is 5.69 Å². The van der Waals surface area contributed by atoms with Crippen molar-refractivity contribution in [2.45, 2.75) is 6.54 Å². The van der Waals surface area contributed by atoms with Gasteiger partial charge in [-0.15, -0.1) is 0 Å². The zero-order chi connectivity index (χ0) is 15.5. The van der Waals surface area contributed by atoms with Gasteiger partial charge < -0.3 is 14.3 Å². The van der Waals surface area contributed by atoms with E-state index in [9.17, 15) is 4.79 Å². The molecule has 0 bridgehead atoms. The van der Waals surface area contributed by atoms with Crippen LogP contribution >= 0.6 is 12.2 Å². The topological polar surface area (TPSA) is 54.2 Å². The molecule has 3 aromatic rings. The van der Waals surface area contributed by atoms with Crippen molar-refractivity contribution < 1.29 is 9.21 Å². The molecule has 0 spiro atoms. The van der Waals surface area contributed by atoms with Crippen molar-refractivity contribution in [1.29, 1.82) is 0 Å². The molecule has 0 unspecified atom stereocenters. The molecule has 2 aromatic heterocycles. The quantitative estimate of drug-likeness (QED) is 0.751. The Balaban J connectivity index is 1.92. The predicted molar refractivity (Wildman–Crippen MR) is 85.5 cm³/mol. The number of rotatable bonds is 4. The smallest absolute Gasteiger partial charge is 0.272 e. The van der Waals surface area contributed by atoms with E-state index in [0.29, 0.717) is 17.0 Å². The van der Waals surface area contributed by atoms with E-state index in [1.165, 1.54) is 0 Å². The number of amides is 1. The molecule has 1 amide bonds. The first kappa shape index (κ1) is 14.3. The van der Waals surface area contributed by atoms with Crippen molar-refractivity contribution in [2.24, 2.45) is 0 Å². The van der Waals surface area contributed by atoms with E-state index in [4.69, 9.17) is 16.6 Å². The fraction of sp³-hybridized carbons (Fsp3) is 0.125. The number of carbonyl (C=O) groups is 1. The molecule has 2 heterocycles. The number of imidazole rings is 1. The molecule has 0 fully saturated rings. The number of hydrogen-bond acceptors (Lipinski definition) is 3. The molecule has 5 nitrogen and oxygen atoms in total. The summed E-state index contributed by atoms with van der Waals surface area (Å²) < 4.78 is 7.50. The second kappa shape index (κ2) is 6.03. The zero-order valence-corrected chi connectivity index (χ0v) is 12.8. The molecule has 1 aromatic carbocycles. The molecular weight excluding hydrogens is 298 g/mol. The lowest BCUT2D eigenvalue weighted by Crippen LogP contribution is -2.27. The average molecular weight is 313 g/mol. The third kappa shape index (κ3) is 2.73. The molecular formula is C16H15N3O2S. The minimum Gasteiger partial charge on any atom is -0.467 e. The summed E-state index contributed by atoms with van der Waals surface area (Å²) in [4.78, 5) is 17.2. The molecule has 1 N–H and O–H groups in total. The van der Waals surface area contributed by atoms with Crippen molar-refractivity contribution in [3.05, 3.63) is 71.1 Å². The second-order valence-corrected chi connectivity index (χ2v) is 5.28. The molecule has 0 saturated carbocycles. The predicted octanol–water partition coefficient (Wildman–Crippen LogP) is 3.40. The molecule has 112 valence electrons. The van der Waals surface area contributed by atoms with Crippen LogP contribution in [0.5, 0.6) is 0 Å². The van der Waals surface area contributed by atoms with Gasteiger partial charge >= 0.3 is 0 Å². The molecule has 3 rings (SSSR count). The van der Waals surface area contributed by atoms with E-state index in [2.05, 4.69) is 4.98 Å². The van der Waals surface area contributed by atoms with Gasteiger partial charge in [0.05, 0.1) is 12.8 Å². The van der Waals surface area contributed by atoms with Crippen LogP contribution in [0, 0.1) is 4.77 Å². The van der Waals surface area contributed by atoms with E-state index in [1.807, 2.05) is 36.4 Å². The summed E-state index contributed by atoms with van der Waals surface area (Å²) in [5.74, 6) is 0.601. The summed E-state index contributed by atoms with van der Waals surface area (Å²) >= 11 is 5.29. The van der Waals surface area contributed by atoms with E-state index >= 15 is 0 Å². The van der Waals surface area contributed by atoms with Gasteiger partial charge in [0.2, 0.25) is 0 Å². The molecule has 6 heteroatoms. The van der Waals surface area contributed by atoms with Crippen LogP contribution in [0.1, 0.15) is 16.2 Å². The highest BCUT2D eigenvalue weighted by Crippen LogP contribution is 2.15. The highest BCUT2D eigenvalue weighted by molar-refractivity contribution is 7.71. The van der Waals surface area contributed by atoms with Crippen LogP contribution in [0.25, 0.3) is 5.69 Å². The van der Waals surface area contributed by atoms with Crippen LogP contribution in [-0.4, -0.2) is 27.4 Å². The van der Waals surface area contributed by atoms with Crippen LogP contribution in [0.2, 0.25) is 0 Å². The van der Waals surface area contributed by atoms with Gasteiger partial charge in [-0.25, -0.2) is 0 Å². The Morgan fingerprint density at radius 3 is 2.73 bits per heavy atom. The summed E-state index contributed by atoms with van der Waals surface area (Å²) in [5, 5.41) is 0. The summed E-state index contributed by atoms with van der Waals surface area (Å²) in [6, 6.07) is 13.2. The molecule has 0 atom stereocenters. The Morgan fingerprint density at radius 1 is 1.27 bits per heavy atom. The van der Waals surface area contributed by atoms with E-state index in [1.54, 1.807) is 35.0 Å². The number of carbonyl (C=O) groups excluding carboxylic acids is 1. The minimum atomic E-state index is -0.132.